The summed E-state index contributed by atoms with van der Waals surface area (Å²) in [6.07, 6.45) is 1.34. The maximum Gasteiger partial charge on any atom is 0.305 e. The van der Waals surface area contributed by atoms with Gasteiger partial charge in [-0.2, -0.15) is 5.26 Å². The molecule has 0 aromatic heterocycles. The summed E-state index contributed by atoms with van der Waals surface area (Å²) in [5.41, 5.74) is 1.17. The summed E-state index contributed by atoms with van der Waals surface area (Å²) in [6.45, 7) is -0.390. The smallest absolute Gasteiger partial charge is 0.305 e. The minimum Gasteiger partial charge on any atom is -0.481 e. The number of benzene rings is 2. The first-order valence-electron chi connectivity index (χ1n) is 9.46. The van der Waals surface area contributed by atoms with E-state index in [1.807, 2.05) is 0 Å². The van der Waals surface area contributed by atoms with Crippen LogP contribution in [0.2, 0.25) is 10.0 Å². The van der Waals surface area contributed by atoms with Crippen molar-refractivity contribution in [1.29, 1.82) is 5.26 Å². The molecule has 0 bridgehead atoms. The standard InChI is InChI=1S/C21H20Cl2N6O4/c1-25-21(27-11-24)28-16-4-2-3-12(7-16)20(33)26-10-18(30)29-17(9-19(31)32)13-5-14(22)8-15(23)6-13/h2-8,17H,9-10H2,1H3,(H,26,33)(H,29,30)(H,31,32)(H2,25,27,28). The van der Waals surface area contributed by atoms with Crippen molar-refractivity contribution in [3.63, 3.8) is 0 Å². The van der Waals surface area contributed by atoms with Crippen LogP contribution in [0.25, 0.3) is 0 Å². The lowest BCUT2D eigenvalue weighted by atomic mass is 10.0. The molecule has 0 saturated carbocycles. The van der Waals surface area contributed by atoms with Crippen molar-refractivity contribution in [3.05, 3.63) is 63.6 Å². The molecule has 0 radical (unpaired) electrons. The Morgan fingerprint density at radius 2 is 1.85 bits per heavy atom. The number of amides is 2. The molecule has 5 N–H and O–H groups in total. The van der Waals surface area contributed by atoms with E-state index < -0.39 is 36.8 Å². The van der Waals surface area contributed by atoms with E-state index in [9.17, 15) is 19.5 Å². The molecule has 0 fully saturated rings. The molecule has 2 aromatic carbocycles. The van der Waals surface area contributed by atoms with Crippen molar-refractivity contribution in [1.82, 2.24) is 16.0 Å². The van der Waals surface area contributed by atoms with Gasteiger partial charge in [0.15, 0.2) is 6.19 Å². The number of hydrogen-bond acceptors (Lipinski definition) is 5. The number of nitrogens with zero attached hydrogens (tertiary/aromatic N) is 2. The number of rotatable bonds is 8. The second-order valence-corrected chi connectivity index (χ2v) is 7.49. The number of carboxylic acids is 1. The molecule has 0 aliphatic carbocycles. The number of aliphatic carboxylic acids is 1. The van der Waals surface area contributed by atoms with E-state index in [1.54, 1.807) is 24.4 Å². The normalized spacial score (nSPS) is 11.6. The highest BCUT2D eigenvalue weighted by atomic mass is 35.5. The van der Waals surface area contributed by atoms with Crippen LogP contribution < -0.4 is 21.3 Å². The van der Waals surface area contributed by atoms with E-state index >= 15 is 0 Å². The number of carboxylic acid groups (broad SMARTS) is 1. The number of hydrogen-bond donors (Lipinski definition) is 5. The Morgan fingerprint density at radius 3 is 2.45 bits per heavy atom. The van der Waals surface area contributed by atoms with Crippen molar-refractivity contribution >= 4 is 52.6 Å². The summed E-state index contributed by atoms with van der Waals surface area (Å²) in [5.74, 6) is -2.07. The van der Waals surface area contributed by atoms with Gasteiger partial charge in [-0.1, -0.05) is 29.3 Å². The van der Waals surface area contributed by atoms with Crippen LogP contribution in [0.15, 0.2) is 47.5 Å². The van der Waals surface area contributed by atoms with Gasteiger partial charge in [0.1, 0.15) is 0 Å². The van der Waals surface area contributed by atoms with Gasteiger partial charge in [0.25, 0.3) is 5.91 Å². The lowest BCUT2D eigenvalue weighted by molar-refractivity contribution is -0.137. The second-order valence-electron chi connectivity index (χ2n) is 6.62. The Balaban J connectivity index is 2.02. The summed E-state index contributed by atoms with van der Waals surface area (Å²) in [5, 5.41) is 28.7. The molecule has 12 heteroatoms. The molecule has 0 aliphatic heterocycles. The van der Waals surface area contributed by atoms with Gasteiger partial charge in [-0.05, 0) is 42.0 Å². The van der Waals surface area contributed by atoms with Gasteiger partial charge in [0.05, 0.1) is 19.0 Å². The molecule has 0 heterocycles. The maximum atomic E-state index is 12.5. The monoisotopic (exact) mass is 490 g/mol. The van der Waals surface area contributed by atoms with Crippen LogP contribution in [0.1, 0.15) is 28.4 Å². The SMILES string of the molecule is CN=C(NC#N)Nc1cccc(C(=O)NCC(=O)NC(CC(=O)O)c2cc(Cl)cc(Cl)c2)c1. The molecule has 0 saturated heterocycles. The molecule has 2 amide bonds. The Kier molecular flexibility index (Phi) is 9.47. The Hall–Kier alpha value is -3.81. The summed E-state index contributed by atoms with van der Waals surface area (Å²) in [7, 11) is 1.48. The zero-order chi connectivity index (χ0) is 24.4. The van der Waals surface area contributed by atoms with Crippen LogP contribution in [0.3, 0.4) is 0 Å². The molecule has 0 spiro atoms. The van der Waals surface area contributed by atoms with Crippen LogP contribution in [-0.2, 0) is 9.59 Å². The number of nitrogens with one attached hydrogen (secondary N) is 4. The van der Waals surface area contributed by atoms with Gasteiger partial charge in [-0.15, -0.1) is 0 Å². The molecular weight excluding hydrogens is 471 g/mol. The molecule has 10 nitrogen and oxygen atoms in total. The van der Waals surface area contributed by atoms with Crippen LogP contribution in [-0.4, -0.2) is 42.4 Å². The minimum absolute atomic E-state index is 0.194. The average Bonchev–Trinajstić information content (AvgIpc) is 2.76. The van der Waals surface area contributed by atoms with Crippen LogP contribution >= 0.6 is 23.2 Å². The first-order valence-corrected chi connectivity index (χ1v) is 10.2. The highest BCUT2D eigenvalue weighted by molar-refractivity contribution is 6.34. The molecule has 1 atom stereocenters. The maximum absolute atomic E-state index is 12.5. The highest BCUT2D eigenvalue weighted by Gasteiger charge is 2.20. The predicted octanol–water partition coefficient (Wildman–Crippen LogP) is 2.52. The van der Waals surface area contributed by atoms with Crippen molar-refractivity contribution in [2.45, 2.75) is 12.5 Å². The van der Waals surface area contributed by atoms with Crippen LogP contribution in [0.5, 0.6) is 0 Å². The van der Waals surface area contributed by atoms with Gasteiger partial charge in [0, 0.05) is 28.3 Å². The van der Waals surface area contributed by atoms with E-state index in [0.717, 1.165) is 0 Å². The largest absolute Gasteiger partial charge is 0.481 e. The molecule has 1 unspecified atom stereocenters. The molecule has 0 aliphatic rings. The van der Waals surface area contributed by atoms with E-state index in [1.165, 1.54) is 31.3 Å². The number of aliphatic imine (C=N–C) groups is 1. The molecule has 172 valence electrons. The fourth-order valence-corrected chi connectivity index (χ4v) is 3.32. The van der Waals surface area contributed by atoms with Crippen LogP contribution in [0.4, 0.5) is 5.69 Å². The third-order valence-electron chi connectivity index (χ3n) is 4.20. The van der Waals surface area contributed by atoms with E-state index in [2.05, 4.69) is 26.3 Å². The number of guanidine groups is 1. The van der Waals surface area contributed by atoms with Crippen molar-refractivity contribution in [2.75, 3.05) is 18.9 Å². The van der Waals surface area contributed by atoms with E-state index in [-0.39, 0.29) is 11.5 Å². The zero-order valence-corrected chi connectivity index (χ0v) is 18.9. The highest BCUT2D eigenvalue weighted by Crippen LogP contribution is 2.25. The fourth-order valence-electron chi connectivity index (χ4n) is 2.78. The predicted molar refractivity (Wildman–Crippen MR) is 124 cm³/mol. The third kappa shape index (κ3) is 8.33. The van der Waals surface area contributed by atoms with Crippen molar-refractivity contribution in [3.8, 4) is 6.19 Å². The minimum atomic E-state index is -1.13. The molecule has 33 heavy (non-hydrogen) atoms. The average molecular weight is 491 g/mol. The number of anilines is 1. The number of halogens is 2. The Morgan fingerprint density at radius 1 is 1.15 bits per heavy atom. The number of nitriles is 1. The van der Waals surface area contributed by atoms with E-state index in [0.29, 0.717) is 21.3 Å². The summed E-state index contributed by atoms with van der Waals surface area (Å²) < 4.78 is 0. The first-order chi connectivity index (χ1) is 15.7. The summed E-state index contributed by atoms with van der Waals surface area (Å²) in [6, 6.07) is 9.94. The summed E-state index contributed by atoms with van der Waals surface area (Å²) >= 11 is 12.0. The quantitative estimate of drug-likeness (QED) is 0.164. The fraction of sp³-hybridized carbons (Fsp3) is 0.190. The molecule has 2 aromatic rings. The third-order valence-corrected chi connectivity index (χ3v) is 4.63. The second kappa shape index (κ2) is 12.3. The van der Waals surface area contributed by atoms with E-state index in [4.69, 9.17) is 28.5 Å². The summed E-state index contributed by atoms with van der Waals surface area (Å²) in [4.78, 5) is 39.9. The number of carbonyl (C=O) groups excluding carboxylic acids is 2. The Bertz CT molecular complexity index is 1100. The lowest BCUT2D eigenvalue weighted by Crippen LogP contribution is -2.39. The number of carbonyl (C=O) groups is 3. The molecule has 2 rings (SSSR count). The van der Waals surface area contributed by atoms with Crippen molar-refractivity contribution < 1.29 is 19.5 Å². The first kappa shape index (κ1) is 25.5. The van der Waals surface area contributed by atoms with Gasteiger partial charge < -0.3 is 21.1 Å². The van der Waals surface area contributed by atoms with Gasteiger partial charge >= 0.3 is 5.97 Å². The van der Waals surface area contributed by atoms with Gasteiger partial charge in [-0.3, -0.25) is 24.7 Å². The Labute approximate surface area is 199 Å². The lowest BCUT2D eigenvalue weighted by Gasteiger charge is -2.18. The topological polar surface area (TPSA) is 156 Å². The van der Waals surface area contributed by atoms with Gasteiger partial charge in [-0.25, -0.2) is 0 Å². The van der Waals surface area contributed by atoms with Gasteiger partial charge in [0.2, 0.25) is 11.9 Å². The van der Waals surface area contributed by atoms with Crippen molar-refractivity contribution in [2.24, 2.45) is 4.99 Å². The molecular formula is C21H20Cl2N6O4. The van der Waals surface area contributed by atoms with Crippen LogP contribution in [0, 0.1) is 11.5 Å². The zero-order valence-electron chi connectivity index (χ0n) is 17.4.